The number of H-pyrrole nitrogens is 2. The van der Waals surface area contributed by atoms with Crippen LogP contribution in [0.5, 0.6) is 0 Å². The molecule has 31 heavy (non-hydrogen) atoms. The molecule has 0 amide bonds. The highest BCUT2D eigenvalue weighted by Gasteiger charge is 2.16. The number of nitrogens with one attached hydrogen (secondary N) is 2. The zero-order valence-corrected chi connectivity index (χ0v) is 17.0. The van der Waals surface area contributed by atoms with E-state index in [9.17, 15) is 0 Å². The van der Waals surface area contributed by atoms with Crippen LogP contribution in [0.1, 0.15) is 5.82 Å². The number of hydrogen-bond donors (Lipinski definition) is 2. The largest absolute Gasteiger partial charge is 0.338 e. The van der Waals surface area contributed by atoms with Crippen LogP contribution in [-0.2, 0) is 7.05 Å². The van der Waals surface area contributed by atoms with E-state index in [4.69, 9.17) is 0 Å². The molecule has 2 N–H and O–H groups in total. The first-order chi connectivity index (χ1) is 15.2. The van der Waals surface area contributed by atoms with Crippen LogP contribution in [0.15, 0.2) is 61.3 Å². The number of fused-ring (bicyclic) bond motifs is 2. The average molecular weight is 406 g/mol. The highest BCUT2D eigenvalue weighted by molar-refractivity contribution is 5.99. The molecule has 8 nitrogen and oxygen atoms in total. The summed E-state index contributed by atoms with van der Waals surface area (Å²) in [5.74, 6) is 0.952. The highest BCUT2D eigenvalue weighted by atomic mass is 15.2. The van der Waals surface area contributed by atoms with E-state index in [1.807, 2.05) is 50.8 Å². The number of nitrogens with zero attached hydrogens (tertiary/aromatic N) is 6. The van der Waals surface area contributed by atoms with Gasteiger partial charge in [-0.25, -0.2) is 15.0 Å². The minimum absolute atomic E-state index is 0.665. The molecule has 0 spiro atoms. The first kappa shape index (κ1) is 17.5. The van der Waals surface area contributed by atoms with Crippen molar-refractivity contribution in [3.05, 3.63) is 67.1 Å². The zero-order valence-electron chi connectivity index (χ0n) is 17.0. The highest BCUT2D eigenvalue weighted by Crippen LogP contribution is 2.33. The Hall–Kier alpha value is -4.33. The fourth-order valence-electron chi connectivity index (χ4n) is 3.96. The second kappa shape index (κ2) is 6.60. The molecule has 0 saturated carbocycles. The second-order valence-corrected chi connectivity index (χ2v) is 7.48. The maximum atomic E-state index is 4.55. The van der Waals surface area contributed by atoms with Gasteiger partial charge in [0.2, 0.25) is 0 Å². The second-order valence-electron chi connectivity index (χ2n) is 7.48. The molecular formula is C23H18N8. The van der Waals surface area contributed by atoms with Crippen LogP contribution in [0.2, 0.25) is 0 Å². The van der Waals surface area contributed by atoms with Gasteiger partial charge in [0.25, 0.3) is 0 Å². The van der Waals surface area contributed by atoms with E-state index in [1.54, 1.807) is 12.4 Å². The van der Waals surface area contributed by atoms with E-state index >= 15 is 0 Å². The minimum Gasteiger partial charge on any atom is -0.338 e. The molecule has 6 aromatic heterocycles. The summed E-state index contributed by atoms with van der Waals surface area (Å²) in [6, 6.07) is 10.2. The molecule has 6 rings (SSSR count). The number of imidazole rings is 1. The third-order valence-corrected chi connectivity index (χ3v) is 5.72. The Morgan fingerprint density at radius 1 is 0.871 bits per heavy atom. The first-order valence-electron chi connectivity index (χ1n) is 9.90. The maximum absolute atomic E-state index is 4.55. The lowest BCUT2D eigenvalue weighted by molar-refractivity contribution is 0.865. The number of aromatic nitrogens is 8. The summed E-state index contributed by atoms with van der Waals surface area (Å²) >= 11 is 0. The molecule has 6 aromatic rings. The molecule has 6 heterocycles. The van der Waals surface area contributed by atoms with Crippen LogP contribution in [0.25, 0.3) is 55.8 Å². The fraction of sp³-hybridized carbons (Fsp3) is 0.0870. The Bertz CT molecular complexity index is 1560. The van der Waals surface area contributed by atoms with Gasteiger partial charge in [-0.2, -0.15) is 5.10 Å². The third kappa shape index (κ3) is 2.72. The summed E-state index contributed by atoms with van der Waals surface area (Å²) in [5, 5.41) is 9.52. The lowest BCUT2D eigenvalue weighted by atomic mass is 10.0. The topological polar surface area (TPSA) is 101 Å². The average Bonchev–Trinajstić information content (AvgIpc) is 3.50. The molecule has 0 saturated heterocycles. The van der Waals surface area contributed by atoms with E-state index in [2.05, 4.69) is 51.8 Å². The molecule has 0 aliphatic rings. The summed E-state index contributed by atoms with van der Waals surface area (Å²) in [5.41, 5.74) is 7.47. The van der Waals surface area contributed by atoms with Crippen LogP contribution in [-0.4, -0.2) is 39.7 Å². The van der Waals surface area contributed by atoms with Gasteiger partial charge in [0.05, 0.1) is 23.3 Å². The van der Waals surface area contributed by atoms with Gasteiger partial charge >= 0.3 is 0 Å². The number of pyridine rings is 3. The van der Waals surface area contributed by atoms with Crippen molar-refractivity contribution in [3.63, 3.8) is 0 Å². The molecule has 0 aliphatic heterocycles. The summed E-state index contributed by atoms with van der Waals surface area (Å²) in [6.45, 7) is 1.98. The van der Waals surface area contributed by atoms with Crippen LogP contribution in [0.3, 0.4) is 0 Å². The molecule has 0 aliphatic carbocycles. The van der Waals surface area contributed by atoms with Gasteiger partial charge < -0.3 is 9.55 Å². The van der Waals surface area contributed by atoms with Crippen LogP contribution < -0.4 is 0 Å². The van der Waals surface area contributed by atoms with E-state index < -0.39 is 0 Å². The number of hydrogen-bond acceptors (Lipinski definition) is 5. The van der Waals surface area contributed by atoms with Gasteiger partial charge in [0.1, 0.15) is 11.5 Å². The van der Waals surface area contributed by atoms with Gasteiger partial charge in [-0.05, 0) is 48.4 Å². The molecule has 0 unspecified atom stereocenters. The summed E-state index contributed by atoms with van der Waals surface area (Å²) < 4.78 is 2.05. The van der Waals surface area contributed by atoms with E-state index in [0.29, 0.717) is 5.65 Å². The van der Waals surface area contributed by atoms with Crippen LogP contribution >= 0.6 is 0 Å². The Balaban J connectivity index is 1.52. The van der Waals surface area contributed by atoms with E-state index in [0.717, 1.165) is 56.0 Å². The number of aromatic amines is 2. The van der Waals surface area contributed by atoms with Gasteiger partial charge in [-0.1, -0.05) is 0 Å². The Kier molecular flexibility index (Phi) is 3.73. The molecule has 8 heteroatoms. The van der Waals surface area contributed by atoms with Gasteiger partial charge in [-0.3, -0.25) is 10.1 Å². The van der Waals surface area contributed by atoms with Crippen molar-refractivity contribution in [1.29, 1.82) is 0 Å². The SMILES string of the molecule is Cc1ncc(-c2cnc3n[nH]c(-c4cc5c(-c6ccncc6)ccnc5[nH]4)c3c2)n1C. The molecule has 0 fully saturated rings. The Labute approximate surface area is 177 Å². The predicted octanol–water partition coefficient (Wildman–Crippen LogP) is 4.27. The van der Waals surface area contributed by atoms with Gasteiger partial charge in [0.15, 0.2) is 5.65 Å². The molecule has 150 valence electrons. The Morgan fingerprint density at radius 2 is 1.74 bits per heavy atom. The van der Waals surface area contributed by atoms with Crippen molar-refractivity contribution in [2.75, 3.05) is 0 Å². The van der Waals surface area contributed by atoms with Crippen LogP contribution in [0.4, 0.5) is 0 Å². The quantitative estimate of drug-likeness (QED) is 0.457. The van der Waals surface area contributed by atoms with Crippen LogP contribution in [0, 0.1) is 6.92 Å². The van der Waals surface area contributed by atoms with Crippen molar-refractivity contribution >= 4 is 22.1 Å². The molecule has 0 aromatic carbocycles. The normalized spacial score (nSPS) is 11.5. The molecule has 0 radical (unpaired) electrons. The number of rotatable bonds is 3. The smallest absolute Gasteiger partial charge is 0.181 e. The van der Waals surface area contributed by atoms with Crippen molar-refractivity contribution in [1.82, 2.24) is 39.7 Å². The van der Waals surface area contributed by atoms with E-state index in [-0.39, 0.29) is 0 Å². The number of aryl methyl sites for hydroxylation is 1. The van der Waals surface area contributed by atoms with Crippen molar-refractivity contribution in [2.45, 2.75) is 6.92 Å². The molecule has 0 atom stereocenters. The summed E-state index contributed by atoms with van der Waals surface area (Å²) in [4.78, 5) is 21.0. The summed E-state index contributed by atoms with van der Waals surface area (Å²) in [7, 11) is 2.00. The monoisotopic (exact) mass is 406 g/mol. The lowest BCUT2D eigenvalue weighted by Gasteiger charge is -2.04. The van der Waals surface area contributed by atoms with Crippen molar-refractivity contribution < 1.29 is 0 Å². The predicted molar refractivity (Wildman–Crippen MR) is 119 cm³/mol. The first-order valence-corrected chi connectivity index (χ1v) is 9.90. The third-order valence-electron chi connectivity index (χ3n) is 5.72. The zero-order chi connectivity index (χ0) is 20.9. The van der Waals surface area contributed by atoms with Gasteiger partial charge in [-0.15, -0.1) is 0 Å². The fourth-order valence-corrected chi connectivity index (χ4v) is 3.96. The summed E-state index contributed by atoms with van der Waals surface area (Å²) in [6.07, 6.45) is 9.10. The van der Waals surface area contributed by atoms with Crippen molar-refractivity contribution in [3.8, 4) is 33.8 Å². The Morgan fingerprint density at radius 3 is 2.55 bits per heavy atom. The lowest BCUT2D eigenvalue weighted by Crippen LogP contribution is -1.94. The molecule has 0 bridgehead atoms. The van der Waals surface area contributed by atoms with E-state index in [1.165, 1.54) is 0 Å². The van der Waals surface area contributed by atoms with Crippen molar-refractivity contribution in [2.24, 2.45) is 7.05 Å². The standard InChI is InChI=1S/C23H18N8/c1-13-26-12-20(31(13)2)15-9-18-21(29-30-23(18)27-11-15)19-10-17-16(5-8-25-22(17)28-19)14-3-6-24-7-4-14/h3-12H,1-2H3,(H,25,28)(H,27,29,30). The minimum atomic E-state index is 0.665. The van der Waals surface area contributed by atoms with Gasteiger partial charge in [0, 0.05) is 48.2 Å². The maximum Gasteiger partial charge on any atom is 0.181 e. The molecular weight excluding hydrogens is 388 g/mol.